The maximum absolute atomic E-state index is 12.6. The molecule has 0 heterocycles. The van der Waals surface area contributed by atoms with Crippen LogP contribution in [0.3, 0.4) is 0 Å². The molecule has 1 N–H and O–H groups in total. The molecule has 7 nitrogen and oxygen atoms in total. The predicted octanol–water partition coefficient (Wildman–Crippen LogP) is 2.23. The number of nitro benzene ring substituents is 1. The zero-order chi connectivity index (χ0) is 16.4. The second-order valence-corrected chi connectivity index (χ2v) is 5.74. The maximum Gasteiger partial charge on any atom is 0.308 e. The zero-order valence-electron chi connectivity index (χ0n) is 12.5. The number of amides is 1. The molecule has 118 valence electrons. The van der Waals surface area contributed by atoms with Crippen molar-refractivity contribution in [2.24, 2.45) is 5.92 Å². The minimum atomic E-state index is -0.964. The molecule has 1 aliphatic carbocycles. The first-order valence-corrected chi connectivity index (χ1v) is 7.09. The van der Waals surface area contributed by atoms with Crippen molar-refractivity contribution >= 4 is 17.6 Å². The first kappa shape index (κ1) is 15.9. The van der Waals surface area contributed by atoms with Crippen molar-refractivity contribution in [3.05, 3.63) is 39.4 Å². The normalized spacial score (nSPS) is 15.2. The highest BCUT2D eigenvalue weighted by atomic mass is 16.6. The molecule has 1 atom stereocenters. The van der Waals surface area contributed by atoms with Crippen LogP contribution in [0.4, 0.5) is 5.69 Å². The highest BCUT2D eigenvalue weighted by molar-refractivity contribution is 5.95. The lowest BCUT2D eigenvalue weighted by Crippen LogP contribution is -2.38. The van der Waals surface area contributed by atoms with Gasteiger partial charge >= 0.3 is 5.97 Å². The molecule has 0 saturated heterocycles. The third-order valence-corrected chi connectivity index (χ3v) is 3.66. The smallest absolute Gasteiger partial charge is 0.308 e. The Morgan fingerprint density at radius 3 is 2.55 bits per heavy atom. The van der Waals surface area contributed by atoms with Gasteiger partial charge in [0.1, 0.15) is 0 Å². The van der Waals surface area contributed by atoms with E-state index in [2.05, 4.69) is 0 Å². The Labute approximate surface area is 127 Å². The fourth-order valence-corrected chi connectivity index (χ4v) is 2.31. The van der Waals surface area contributed by atoms with E-state index in [1.54, 1.807) is 19.9 Å². The predicted molar refractivity (Wildman–Crippen MR) is 78.7 cm³/mol. The Bertz CT molecular complexity index is 624. The van der Waals surface area contributed by atoms with Crippen molar-refractivity contribution in [3.8, 4) is 0 Å². The molecular weight excluding hydrogens is 288 g/mol. The Kier molecular flexibility index (Phi) is 4.44. The fraction of sp³-hybridized carbons (Fsp3) is 0.467. The van der Waals surface area contributed by atoms with Crippen LogP contribution in [0.2, 0.25) is 0 Å². The Hall–Kier alpha value is -2.44. The van der Waals surface area contributed by atoms with E-state index in [4.69, 9.17) is 5.11 Å². The van der Waals surface area contributed by atoms with Gasteiger partial charge in [0.25, 0.3) is 11.6 Å². The van der Waals surface area contributed by atoms with Crippen molar-refractivity contribution in [3.63, 3.8) is 0 Å². The molecule has 1 amide bonds. The van der Waals surface area contributed by atoms with Crippen LogP contribution >= 0.6 is 0 Å². The molecule has 0 bridgehead atoms. The quantitative estimate of drug-likeness (QED) is 0.641. The van der Waals surface area contributed by atoms with E-state index in [0.717, 1.165) is 12.8 Å². The van der Waals surface area contributed by atoms with Gasteiger partial charge in [-0.25, -0.2) is 0 Å². The average Bonchev–Trinajstić information content (AvgIpc) is 3.27. The highest BCUT2D eigenvalue weighted by Gasteiger charge is 2.35. The number of hydrogen-bond donors (Lipinski definition) is 1. The standard InChI is InChI=1S/C15H18N2O5/c1-9-5-11(7-13(6-9)17(21)22)14(18)16(12-3-4-12)8-10(2)15(19)20/h5-7,10,12H,3-4,8H2,1-2H3,(H,19,20). The summed E-state index contributed by atoms with van der Waals surface area (Å²) in [4.78, 5) is 35.5. The van der Waals surface area contributed by atoms with Gasteiger partial charge in [-0.05, 0) is 31.4 Å². The van der Waals surface area contributed by atoms with Crippen molar-refractivity contribution in [2.45, 2.75) is 32.7 Å². The number of rotatable bonds is 6. The number of carboxylic acids is 1. The van der Waals surface area contributed by atoms with Gasteiger partial charge in [0.2, 0.25) is 0 Å². The summed E-state index contributed by atoms with van der Waals surface area (Å²) >= 11 is 0. The fourth-order valence-electron chi connectivity index (χ4n) is 2.31. The monoisotopic (exact) mass is 306 g/mol. The summed E-state index contributed by atoms with van der Waals surface area (Å²) in [7, 11) is 0. The lowest BCUT2D eigenvalue weighted by molar-refractivity contribution is -0.384. The molecule has 7 heteroatoms. The van der Waals surface area contributed by atoms with Crippen LogP contribution in [-0.2, 0) is 4.79 Å². The topological polar surface area (TPSA) is 101 Å². The van der Waals surface area contributed by atoms with Gasteiger partial charge < -0.3 is 10.0 Å². The first-order valence-electron chi connectivity index (χ1n) is 7.09. The molecule has 1 unspecified atom stereocenters. The Morgan fingerprint density at radius 1 is 1.41 bits per heavy atom. The van der Waals surface area contributed by atoms with Crippen LogP contribution < -0.4 is 0 Å². The van der Waals surface area contributed by atoms with Gasteiger partial charge in [-0.2, -0.15) is 0 Å². The minimum absolute atomic E-state index is 0.0360. The number of non-ortho nitro benzene ring substituents is 1. The number of benzene rings is 1. The van der Waals surface area contributed by atoms with Gasteiger partial charge in [-0.15, -0.1) is 0 Å². The molecule has 1 aliphatic rings. The van der Waals surface area contributed by atoms with Gasteiger partial charge in [-0.1, -0.05) is 6.92 Å². The van der Waals surface area contributed by atoms with Crippen LogP contribution in [0.1, 0.15) is 35.7 Å². The maximum atomic E-state index is 12.6. The van der Waals surface area contributed by atoms with Crippen molar-refractivity contribution in [1.29, 1.82) is 0 Å². The number of hydrogen-bond acceptors (Lipinski definition) is 4. The lowest BCUT2D eigenvalue weighted by atomic mass is 10.1. The number of nitro groups is 1. The number of aliphatic carboxylic acids is 1. The second kappa shape index (κ2) is 6.13. The molecule has 0 radical (unpaired) electrons. The molecule has 0 aliphatic heterocycles. The summed E-state index contributed by atoms with van der Waals surface area (Å²) in [6.45, 7) is 3.34. The van der Waals surface area contributed by atoms with E-state index in [1.165, 1.54) is 17.0 Å². The van der Waals surface area contributed by atoms with Crippen molar-refractivity contribution in [1.82, 2.24) is 4.90 Å². The number of nitrogens with zero attached hydrogens (tertiary/aromatic N) is 2. The zero-order valence-corrected chi connectivity index (χ0v) is 12.5. The van der Waals surface area contributed by atoms with E-state index < -0.39 is 16.8 Å². The summed E-state index contributed by atoms with van der Waals surface area (Å²) in [5.41, 5.74) is 0.723. The third kappa shape index (κ3) is 3.60. The summed E-state index contributed by atoms with van der Waals surface area (Å²) in [5, 5.41) is 19.9. The molecule has 1 aromatic carbocycles. The van der Waals surface area contributed by atoms with Crippen LogP contribution in [0.15, 0.2) is 18.2 Å². The second-order valence-electron chi connectivity index (χ2n) is 5.74. The first-order chi connectivity index (χ1) is 10.3. The molecule has 0 spiro atoms. The molecule has 2 rings (SSSR count). The number of carbonyl (C=O) groups is 2. The average molecular weight is 306 g/mol. The molecule has 0 aromatic heterocycles. The van der Waals surface area contributed by atoms with Crippen LogP contribution in [0.25, 0.3) is 0 Å². The summed E-state index contributed by atoms with van der Waals surface area (Å²) < 4.78 is 0. The summed E-state index contributed by atoms with van der Waals surface area (Å²) in [6, 6.07) is 4.28. The van der Waals surface area contributed by atoms with E-state index in [9.17, 15) is 19.7 Å². The SMILES string of the molecule is Cc1cc(C(=O)N(CC(C)C(=O)O)C2CC2)cc([N+](=O)[O-])c1. The molecular formula is C15H18N2O5. The molecule has 22 heavy (non-hydrogen) atoms. The lowest BCUT2D eigenvalue weighted by Gasteiger charge is -2.24. The van der Waals surface area contributed by atoms with Gasteiger partial charge in [0.05, 0.1) is 10.8 Å². The van der Waals surface area contributed by atoms with Crippen molar-refractivity contribution < 1.29 is 19.6 Å². The molecule has 1 fully saturated rings. The van der Waals surface area contributed by atoms with Crippen LogP contribution in [-0.4, -0.2) is 39.4 Å². The number of aryl methyl sites for hydroxylation is 1. The van der Waals surface area contributed by atoms with E-state index in [-0.39, 0.29) is 29.7 Å². The summed E-state index contributed by atoms with van der Waals surface area (Å²) in [5.74, 6) is -1.99. The Morgan fingerprint density at radius 2 is 2.05 bits per heavy atom. The number of carbonyl (C=O) groups excluding carboxylic acids is 1. The number of carboxylic acid groups (broad SMARTS) is 1. The Balaban J connectivity index is 2.27. The van der Waals surface area contributed by atoms with E-state index >= 15 is 0 Å². The van der Waals surface area contributed by atoms with Crippen molar-refractivity contribution in [2.75, 3.05) is 6.54 Å². The highest BCUT2D eigenvalue weighted by Crippen LogP contribution is 2.30. The summed E-state index contributed by atoms with van der Waals surface area (Å²) in [6.07, 6.45) is 1.68. The van der Waals surface area contributed by atoms with E-state index in [0.29, 0.717) is 5.56 Å². The van der Waals surface area contributed by atoms with E-state index in [1.807, 2.05) is 0 Å². The molecule has 1 saturated carbocycles. The third-order valence-electron chi connectivity index (χ3n) is 3.66. The van der Waals surface area contributed by atoms with Crippen LogP contribution in [0.5, 0.6) is 0 Å². The van der Waals surface area contributed by atoms with Gasteiger partial charge in [0.15, 0.2) is 0 Å². The van der Waals surface area contributed by atoms with Gasteiger partial charge in [0, 0.05) is 30.3 Å². The van der Waals surface area contributed by atoms with Crippen LogP contribution in [0, 0.1) is 23.0 Å². The molecule has 1 aromatic rings. The minimum Gasteiger partial charge on any atom is -0.481 e. The largest absolute Gasteiger partial charge is 0.481 e. The van der Waals surface area contributed by atoms with Gasteiger partial charge in [-0.3, -0.25) is 19.7 Å².